The van der Waals surface area contributed by atoms with E-state index in [2.05, 4.69) is 0 Å². The molecule has 1 aliphatic rings. The molecule has 2 rings (SSSR count). The summed E-state index contributed by atoms with van der Waals surface area (Å²) in [6.45, 7) is 3.01. The quantitative estimate of drug-likeness (QED) is 0.731. The first-order valence-electron chi connectivity index (χ1n) is 7.24. The lowest BCUT2D eigenvalue weighted by Gasteiger charge is -2.28. The van der Waals surface area contributed by atoms with E-state index in [1.807, 2.05) is 0 Å². The lowest BCUT2D eigenvalue weighted by atomic mass is 10.1. The highest BCUT2D eigenvalue weighted by Gasteiger charge is 2.44. The van der Waals surface area contributed by atoms with Gasteiger partial charge in [-0.3, -0.25) is 0 Å². The molecule has 0 unspecified atom stereocenters. The van der Waals surface area contributed by atoms with Crippen molar-refractivity contribution in [3.63, 3.8) is 0 Å². The van der Waals surface area contributed by atoms with Crippen molar-refractivity contribution in [2.24, 2.45) is 0 Å². The Bertz CT molecular complexity index is 861. The molecule has 0 amide bonds. The molecule has 2 atom stereocenters. The van der Waals surface area contributed by atoms with E-state index in [-0.39, 0.29) is 17.0 Å². The topological polar surface area (TPSA) is 129 Å². The number of carbonyl (C=O) groups is 1. The van der Waals surface area contributed by atoms with E-state index in [9.17, 15) is 26.7 Å². The highest BCUT2D eigenvalue weighted by atomic mass is 32.2. The number of benzene rings is 1. The van der Waals surface area contributed by atoms with Crippen molar-refractivity contribution in [3.05, 3.63) is 29.3 Å². The Morgan fingerprint density at radius 1 is 1.33 bits per heavy atom. The largest absolute Gasteiger partial charge is 0.478 e. The molecule has 0 aliphatic carbocycles. The Kier molecular flexibility index (Phi) is 5.05. The van der Waals surface area contributed by atoms with Crippen molar-refractivity contribution in [1.82, 2.24) is 4.31 Å². The van der Waals surface area contributed by atoms with Crippen LogP contribution in [0.4, 0.5) is 0 Å². The number of aliphatic hydroxyl groups excluding tert-OH is 1. The lowest BCUT2D eigenvalue weighted by molar-refractivity contribution is 0.0696. The Morgan fingerprint density at radius 3 is 2.42 bits per heavy atom. The maximum Gasteiger partial charge on any atom is 0.335 e. The number of aryl methyl sites for hydroxylation is 1. The third-order valence-corrected chi connectivity index (χ3v) is 7.84. The Balaban J connectivity index is 2.52. The molecule has 1 fully saturated rings. The van der Waals surface area contributed by atoms with E-state index in [1.165, 1.54) is 26.0 Å². The van der Waals surface area contributed by atoms with Gasteiger partial charge in [-0.05, 0) is 24.6 Å². The number of aliphatic hydroxyl groups is 1. The number of likely N-dealkylation sites (N-methyl/N-ethyl adjacent to an activating group) is 1. The Labute approximate surface area is 140 Å². The summed E-state index contributed by atoms with van der Waals surface area (Å²) in [5, 5.41) is 19.0. The van der Waals surface area contributed by atoms with Gasteiger partial charge in [0, 0.05) is 6.54 Å². The molecule has 0 radical (unpaired) electrons. The zero-order chi connectivity index (χ0) is 18.3. The molecule has 134 valence electrons. The van der Waals surface area contributed by atoms with Crippen LogP contribution >= 0.6 is 0 Å². The molecule has 0 saturated carbocycles. The number of rotatable bonds is 5. The molecule has 0 spiro atoms. The molecule has 24 heavy (non-hydrogen) atoms. The maximum atomic E-state index is 12.9. The van der Waals surface area contributed by atoms with Crippen LogP contribution in [-0.2, 0) is 19.9 Å². The average Bonchev–Trinajstić information content (AvgIpc) is 2.72. The van der Waals surface area contributed by atoms with Gasteiger partial charge in [0.1, 0.15) is 0 Å². The first-order valence-corrected chi connectivity index (χ1v) is 10.5. The predicted octanol–water partition coefficient (Wildman–Crippen LogP) is -0.138. The van der Waals surface area contributed by atoms with Crippen LogP contribution in [0.1, 0.15) is 22.8 Å². The van der Waals surface area contributed by atoms with Crippen LogP contribution in [0.5, 0.6) is 0 Å². The van der Waals surface area contributed by atoms with E-state index in [0.717, 1.165) is 10.4 Å². The number of carboxylic acid groups (broad SMARTS) is 1. The Morgan fingerprint density at radius 2 is 1.96 bits per heavy atom. The standard InChI is InChI=1S/C14H19NO7S2/c1-3-15(11-7-23(19,20)8-12(11)16)24(21,22)13-6-10(14(17)18)5-4-9(13)2/h4-6,11-12,16H,3,7-8H2,1-2H3,(H,17,18)/t11-,12+/m0/s1. The maximum absolute atomic E-state index is 12.9. The molecule has 10 heteroatoms. The van der Waals surface area contributed by atoms with Crippen LogP contribution in [0.3, 0.4) is 0 Å². The van der Waals surface area contributed by atoms with Gasteiger partial charge in [0.25, 0.3) is 0 Å². The van der Waals surface area contributed by atoms with Crippen LogP contribution in [0.25, 0.3) is 0 Å². The highest BCUT2D eigenvalue weighted by Crippen LogP contribution is 2.27. The molecule has 0 aromatic heterocycles. The van der Waals surface area contributed by atoms with E-state index in [1.54, 1.807) is 0 Å². The summed E-state index contributed by atoms with van der Waals surface area (Å²) >= 11 is 0. The molecule has 1 aliphatic heterocycles. The third kappa shape index (κ3) is 3.46. The van der Waals surface area contributed by atoms with Crippen molar-refractivity contribution >= 4 is 25.8 Å². The van der Waals surface area contributed by atoms with Crippen LogP contribution in [0, 0.1) is 6.92 Å². The van der Waals surface area contributed by atoms with Crippen LogP contribution in [-0.4, -0.2) is 67.5 Å². The minimum atomic E-state index is -4.16. The summed E-state index contributed by atoms with van der Waals surface area (Å²) in [6, 6.07) is 2.64. The minimum Gasteiger partial charge on any atom is -0.478 e. The average molecular weight is 377 g/mol. The van der Waals surface area contributed by atoms with Gasteiger partial charge in [-0.1, -0.05) is 13.0 Å². The smallest absolute Gasteiger partial charge is 0.335 e. The molecule has 1 saturated heterocycles. The second kappa shape index (κ2) is 6.43. The minimum absolute atomic E-state index is 0.0453. The number of nitrogens with zero attached hydrogens (tertiary/aromatic N) is 1. The van der Waals surface area contributed by atoms with Crippen LogP contribution in [0.2, 0.25) is 0 Å². The first kappa shape index (κ1) is 18.8. The summed E-state index contributed by atoms with van der Waals surface area (Å²) < 4.78 is 50.2. The summed E-state index contributed by atoms with van der Waals surface area (Å²) in [4.78, 5) is 10.9. The summed E-state index contributed by atoms with van der Waals surface area (Å²) in [6.07, 6.45) is -1.31. The van der Waals surface area contributed by atoms with Gasteiger partial charge in [0.2, 0.25) is 10.0 Å². The second-order valence-corrected chi connectivity index (χ2v) is 9.72. The summed E-state index contributed by atoms with van der Waals surface area (Å²) in [5.74, 6) is -2.21. The molecular weight excluding hydrogens is 358 g/mol. The number of sulfonamides is 1. The SMILES string of the molecule is CCN([C@H]1CS(=O)(=O)C[C@H]1O)S(=O)(=O)c1cc(C(=O)O)ccc1C. The fraction of sp³-hybridized carbons (Fsp3) is 0.500. The van der Waals surface area contributed by atoms with Gasteiger partial charge in [0.15, 0.2) is 9.84 Å². The zero-order valence-electron chi connectivity index (χ0n) is 13.2. The van der Waals surface area contributed by atoms with Crippen LogP contribution < -0.4 is 0 Å². The Hall–Kier alpha value is -1.49. The number of hydrogen-bond donors (Lipinski definition) is 2. The van der Waals surface area contributed by atoms with Crippen molar-refractivity contribution in [3.8, 4) is 0 Å². The zero-order valence-corrected chi connectivity index (χ0v) is 14.8. The number of carboxylic acids is 1. The fourth-order valence-corrected chi connectivity index (χ4v) is 6.62. The first-order chi connectivity index (χ1) is 11.0. The lowest BCUT2D eigenvalue weighted by Crippen LogP contribution is -2.46. The van der Waals surface area contributed by atoms with Gasteiger partial charge in [-0.15, -0.1) is 0 Å². The van der Waals surface area contributed by atoms with Gasteiger partial charge >= 0.3 is 5.97 Å². The molecule has 1 aromatic rings. The van der Waals surface area contributed by atoms with E-state index in [4.69, 9.17) is 5.11 Å². The van der Waals surface area contributed by atoms with Crippen molar-refractivity contribution < 1.29 is 31.8 Å². The molecule has 2 N–H and O–H groups in total. The molecule has 8 nitrogen and oxygen atoms in total. The monoisotopic (exact) mass is 377 g/mol. The predicted molar refractivity (Wildman–Crippen MR) is 86.2 cm³/mol. The third-order valence-electron chi connectivity index (χ3n) is 4.00. The van der Waals surface area contributed by atoms with Gasteiger partial charge in [-0.2, -0.15) is 4.31 Å². The molecule has 0 bridgehead atoms. The van der Waals surface area contributed by atoms with E-state index < -0.39 is 49.5 Å². The molecular formula is C14H19NO7S2. The number of sulfone groups is 1. The summed E-state index contributed by atoms with van der Waals surface area (Å²) in [5.41, 5.74) is 0.156. The number of hydrogen-bond acceptors (Lipinski definition) is 6. The van der Waals surface area contributed by atoms with Gasteiger partial charge in [-0.25, -0.2) is 21.6 Å². The van der Waals surface area contributed by atoms with Crippen molar-refractivity contribution in [1.29, 1.82) is 0 Å². The summed E-state index contributed by atoms with van der Waals surface area (Å²) in [7, 11) is -7.68. The van der Waals surface area contributed by atoms with Crippen LogP contribution in [0.15, 0.2) is 23.1 Å². The van der Waals surface area contributed by atoms with E-state index >= 15 is 0 Å². The molecule has 1 aromatic carbocycles. The number of aromatic carboxylic acids is 1. The van der Waals surface area contributed by atoms with E-state index in [0.29, 0.717) is 5.56 Å². The normalized spacial score (nSPS) is 23.5. The second-order valence-electron chi connectivity index (χ2n) is 5.71. The molecule has 1 heterocycles. The van der Waals surface area contributed by atoms with Gasteiger partial charge < -0.3 is 10.2 Å². The highest BCUT2D eigenvalue weighted by molar-refractivity contribution is 7.92. The fourth-order valence-electron chi connectivity index (χ4n) is 2.81. The van der Waals surface area contributed by atoms with Crippen molar-refractivity contribution in [2.45, 2.75) is 30.9 Å². The van der Waals surface area contributed by atoms with Gasteiger partial charge in [0.05, 0.1) is 34.1 Å². The van der Waals surface area contributed by atoms with Crippen molar-refractivity contribution in [2.75, 3.05) is 18.1 Å².